The number of rotatable bonds is 2. The number of allylic oxidation sites excluding steroid dienone is 3. The lowest BCUT2D eigenvalue weighted by Gasteiger charge is -2.16. The number of ether oxygens (including phenoxy) is 1. The molecule has 2 nitrogen and oxygen atoms in total. The van der Waals surface area contributed by atoms with E-state index < -0.39 is 0 Å². The summed E-state index contributed by atoms with van der Waals surface area (Å²) < 4.78 is 7.89. The summed E-state index contributed by atoms with van der Waals surface area (Å²) in [6.07, 6.45) is 3.98. The zero-order chi connectivity index (χ0) is 12.7. The molecule has 0 amide bonds. The van der Waals surface area contributed by atoms with Gasteiger partial charge in [0.1, 0.15) is 12.4 Å². The highest BCUT2D eigenvalue weighted by molar-refractivity contribution is 6.37. The van der Waals surface area contributed by atoms with Crippen LogP contribution in [-0.2, 0) is 6.54 Å². The predicted octanol–water partition coefficient (Wildman–Crippen LogP) is 4.19. The van der Waals surface area contributed by atoms with Crippen LogP contribution in [0.1, 0.15) is 12.5 Å². The van der Waals surface area contributed by atoms with Crippen LogP contribution in [0.2, 0.25) is 0 Å². The number of hydrogen-bond acceptors (Lipinski definition) is 1. The maximum atomic E-state index is 6.18. The molecule has 0 aliphatic carbocycles. The normalized spacial score (nSPS) is 14.7. The molecule has 92 valence electrons. The van der Waals surface area contributed by atoms with Crippen LogP contribution in [0, 0.1) is 0 Å². The minimum Gasteiger partial charge on any atom is -0.490 e. The van der Waals surface area contributed by atoms with Crippen molar-refractivity contribution < 1.29 is 4.74 Å². The van der Waals surface area contributed by atoms with Crippen LogP contribution in [0.25, 0.3) is 16.5 Å². The summed E-state index contributed by atoms with van der Waals surface area (Å²) in [4.78, 5) is 0. The molecule has 1 aliphatic heterocycles. The third-order valence-corrected chi connectivity index (χ3v) is 3.76. The Morgan fingerprint density at radius 1 is 1.50 bits per heavy atom. The maximum Gasteiger partial charge on any atom is 0.143 e. The molecule has 2 aromatic rings. The standard InChI is InChI=1S/C15H14ClNO/c1-3-13(16)10(2)12-9-17-7-8-18-14-6-4-5-11(12)15(14)17/h3-6,9H,2,7-8H2,1H3/b13-3+. The van der Waals surface area contributed by atoms with Crippen LogP contribution < -0.4 is 4.74 Å². The first-order valence-electron chi connectivity index (χ1n) is 5.98. The molecule has 0 N–H and O–H groups in total. The molecular weight excluding hydrogens is 246 g/mol. The molecular formula is C15H14ClNO. The van der Waals surface area contributed by atoms with E-state index in [1.54, 1.807) is 0 Å². The van der Waals surface area contributed by atoms with E-state index in [0.717, 1.165) is 34.3 Å². The highest BCUT2D eigenvalue weighted by atomic mass is 35.5. The van der Waals surface area contributed by atoms with Gasteiger partial charge in [-0.25, -0.2) is 0 Å². The van der Waals surface area contributed by atoms with Crippen molar-refractivity contribution in [3.8, 4) is 5.75 Å². The molecule has 1 aliphatic rings. The van der Waals surface area contributed by atoms with Crippen molar-refractivity contribution in [1.82, 2.24) is 4.57 Å². The molecule has 1 aromatic heterocycles. The smallest absolute Gasteiger partial charge is 0.143 e. The minimum absolute atomic E-state index is 0.694. The third-order valence-electron chi connectivity index (χ3n) is 3.32. The molecule has 0 atom stereocenters. The average Bonchev–Trinajstić information content (AvgIpc) is 2.79. The molecule has 0 saturated heterocycles. The highest BCUT2D eigenvalue weighted by Gasteiger charge is 2.18. The summed E-state index contributed by atoms with van der Waals surface area (Å²) in [6.45, 7) is 7.59. The van der Waals surface area contributed by atoms with E-state index in [0.29, 0.717) is 11.6 Å². The summed E-state index contributed by atoms with van der Waals surface area (Å²) >= 11 is 6.18. The van der Waals surface area contributed by atoms with Gasteiger partial charge in [-0.15, -0.1) is 0 Å². The fourth-order valence-corrected chi connectivity index (χ4v) is 2.52. The van der Waals surface area contributed by atoms with Gasteiger partial charge in [0.05, 0.1) is 12.1 Å². The Morgan fingerprint density at radius 3 is 3.11 bits per heavy atom. The van der Waals surface area contributed by atoms with Crippen LogP contribution in [0.4, 0.5) is 0 Å². The number of nitrogens with zero attached hydrogens (tertiary/aromatic N) is 1. The van der Waals surface area contributed by atoms with Gasteiger partial charge in [0.2, 0.25) is 0 Å². The maximum absolute atomic E-state index is 6.18. The van der Waals surface area contributed by atoms with Crippen molar-refractivity contribution in [1.29, 1.82) is 0 Å². The van der Waals surface area contributed by atoms with Gasteiger partial charge in [0, 0.05) is 22.2 Å². The minimum atomic E-state index is 0.694. The van der Waals surface area contributed by atoms with Crippen LogP contribution in [-0.4, -0.2) is 11.2 Å². The SMILES string of the molecule is C=C(/C(Cl)=C\C)c1cn2c3c(cccc13)OCC2. The lowest BCUT2D eigenvalue weighted by molar-refractivity contribution is 0.287. The van der Waals surface area contributed by atoms with Gasteiger partial charge < -0.3 is 9.30 Å². The van der Waals surface area contributed by atoms with E-state index in [2.05, 4.69) is 23.4 Å². The number of hydrogen-bond donors (Lipinski definition) is 0. The Kier molecular flexibility index (Phi) is 2.67. The average molecular weight is 260 g/mol. The van der Waals surface area contributed by atoms with Crippen LogP contribution >= 0.6 is 11.6 Å². The van der Waals surface area contributed by atoms with Crippen molar-refractivity contribution in [2.24, 2.45) is 0 Å². The van der Waals surface area contributed by atoms with E-state index in [1.807, 2.05) is 25.1 Å². The van der Waals surface area contributed by atoms with Crippen molar-refractivity contribution in [3.05, 3.63) is 47.6 Å². The van der Waals surface area contributed by atoms with Gasteiger partial charge in [-0.2, -0.15) is 0 Å². The van der Waals surface area contributed by atoms with E-state index in [4.69, 9.17) is 16.3 Å². The van der Waals surface area contributed by atoms with E-state index in [1.165, 1.54) is 0 Å². The number of para-hydroxylation sites is 1. The Hall–Kier alpha value is -1.67. The molecule has 0 spiro atoms. The molecule has 3 heteroatoms. The summed E-state index contributed by atoms with van der Waals surface area (Å²) in [7, 11) is 0. The molecule has 2 heterocycles. The van der Waals surface area contributed by atoms with Gasteiger partial charge in [0.15, 0.2) is 0 Å². The van der Waals surface area contributed by atoms with Crippen LogP contribution in [0.15, 0.2) is 42.1 Å². The van der Waals surface area contributed by atoms with Gasteiger partial charge in [0.25, 0.3) is 0 Å². The molecule has 0 fully saturated rings. The first-order chi connectivity index (χ1) is 8.72. The Labute approximate surface area is 111 Å². The van der Waals surface area contributed by atoms with Crippen molar-refractivity contribution in [2.75, 3.05) is 6.61 Å². The van der Waals surface area contributed by atoms with Gasteiger partial charge in [-0.05, 0) is 18.6 Å². The molecule has 0 radical (unpaired) electrons. The summed E-state index contributed by atoms with van der Waals surface area (Å²) in [5.41, 5.74) is 3.09. The second-order valence-electron chi connectivity index (χ2n) is 4.35. The van der Waals surface area contributed by atoms with Gasteiger partial charge in [-0.1, -0.05) is 36.4 Å². The molecule has 0 bridgehead atoms. The molecule has 0 unspecified atom stereocenters. The monoisotopic (exact) mass is 259 g/mol. The largest absolute Gasteiger partial charge is 0.490 e. The Morgan fingerprint density at radius 2 is 2.33 bits per heavy atom. The zero-order valence-electron chi connectivity index (χ0n) is 10.2. The number of aromatic nitrogens is 1. The fourth-order valence-electron chi connectivity index (χ4n) is 2.42. The van der Waals surface area contributed by atoms with E-state index >= 15 is 0 Å². The second kappa shape index (κ2) is 4.21. The molecule has 1 aromatic carbocycles. The number of halogens is 1. The van der Waals surface area contributed by atoms with Crippen LogP contribution in [0.5, 0.6) is 5.75 Å². The second-order valence-corrected chi connectivity index (χ2v) is 4.76. The fraction of sp³-hybridized carbons (Fsp3) is 0.200. The zero-order valence-corrected chi connectivity index (χ0v) is 11.0. The first-order valence-corrected chi connectivity index (χ1v) is 6.36. The van der Waals surface area contributed by atoms with Crippen LogP contribution in [0.3, 0.4) is 0 Å². The molecule has 3 rings (SSSR count). The third kappa shape index (κ3) is 1.57. The lowest BCUT2D eigenvalue weighted by Crippen LogP contribution is -2.12. The lowest BCUT2D eigenvalue weighted by atomic mass is 10.1. The quantitative estimate of drug-likeness (QED) is 0.738. The predicted molar refractivity (Wildman–Crippen MR) is 76.1 cm³/mol. The van der Waals surface area contributed by atoms with Crippen molar-refractivity contribution in [2.45, 2.75) is 13.5 Å². The van der Waals surface area contributed by atoms with Crippen molar-refractivity contribution >= 4 is 28.1 Å². The highest BCUT2D eigenvalue weighted by Crippen LogP contribution is 2.37. The summed E-state index contributed by atoms with van der Waals surface area (Å²) in [5.74, 6) is 0.939. The summed E-state index contributed by atoms with van der Waals surface area (Å²) in [5, 5.41) is 1.84. The van der Waals surface area contributed by atoms with Crippen molar-refractivity contribution in [3.63, 3.8) is 0 Å². The number of benzene rings is 1. The van der Waals surface area contributed by atoms with E-state index in [9.17, 15) is 0 Å². The topological polar surface area (TPSA) is 14.2 Å². The molecule has 18 heavy (non-hydrogen) atoms. The van der Waals surface area contributed by atoms with Gasteiger partial charge >= 0.3 is 0 Å². The first kappa shape index (κ1) is 11.4. The Bertz CT molecular complexity index is 666. The summed E-state index contributed by atoms with van der Waals surface area (Å²) in [6, 6.07) is 6.10. The van der Waals surface area contributed by atoms with E-state index in [-0.39, 0.29) is 0 Å². The van der Waals surface area contributed by atoms with Gasteiger partial charge in [-0.3, -0.25) is 0 Å². The molecule has 0 saturated carbocycles. The Balaban J connectivity index is 2.27.